The van der Waals surface area contributed by atoms with E-state index in [0.29, 0.717) is 23.5 Å². The van der Waals surface area contributed by atoms with Gasteiger partial charge in [0.15, 0.2) is 11.5 Å². The van der Waals surface area contributed by atoms with E-state index >= 15 is 0 Å². The van der Waals surface area contributed by atoms with Gasteiger partial charge in [-0.25, -0.2) is 0 Å². The molecule has 18 heavy (non-hydrogen) atoms. The number of ether oxygens (including phenoxy) is 2. The van der Waals surface area contributed by atoms with Gasteiger partial charge in [-0.1, -0.05) is 18.9 Å². The topological polar surface area (TPSA) is 47.6 Å². The van der Waals surface area contributed by atoms with Crippen LogP contribution in [0, 0.1) is 12.3 Å². The van der Waals surface area contributed by atoms with Gasteiger partial charge in [0.25, 0.3) is 5.91 Å². The molecule has 4 nitrogen and oxygen atoms in total. The highest BCUT2D eigenvalue weighted by Gasteiger charge is 2.17. The summed E-state index contributed by atoms with van der Waals surface area (Å²) in [7, 11) is 3.02. The predicted octanol–water partition coefficient (Wildman–Crippen LogP) is 1.85. The largest absolute Gasteiger partial charge is 0.493 e. The van der Waals surface area contributed by atoms with Crippen molar-refractivity contribution in [2.24, 2.45) is 0 Å². The lowest BCUT2D eigenvalue weighted by atomic mass is 10.1. The summed E-state index contributed by atoms with van der Waals surface area (Å²) in [5.41, 5.74) is 0.408. The molecule has 0 aliphatic heterocycles. The van der Waals surface area contributed by atoms with Crippen LogP contribution in [0.1, 0.15) is 23.7 Å². The Bertz CT molecular complexity index is 463. The molecule has 1 N–H and O–H groups in total. The summed E-state index contributed by atoms with van der Waals surface area (Å²) in [6.07, 6.45) is 5.99. The Morgan fingerprint density at radius 2 is 2.17 bits per heavy atom. The number of rotatable bonds is 5. The molecule has 0 fully saturated rings. The molecule has 1 aromatic rings. The number of amides is 1. The van der Waals surface area contributed by atoms with Gasteiger partial charge in [0.1, 0.15) is 0 Å². The molecule has 0 aromatic heterocycles. The van der Waals surface area contributed by atoms with Gasteiger partial charge < -0.3 is 14.8 Å². The van der Waals surface area contributed by atoms with Crippen LogP contribution in [0.25, 0.3) is 0 Å². The Balaban J connectivity index is 3.02. The van der Waals surface area contributed by atoms with Gasteiger partial charge in [-0.05, 0) is 18.6 Å². The lowest BCUT2D eigenvalue weighted by molar-refractivity contribution is 0.0941. The minimum Gasteiger partial charge on any atom is -0.493 e. The van der Waals surface area contributed by atoms with Crippen molar-refractivity contribution >= 4 is 5.91 Å². The molecular weight excluding hydrogens is 230 g/mol. The molecule has 0 radical (unpaired) electrons. The SMILES string of the molecule is C#CC(CC)NC(=O)c1cccc(OC)c1OC. The molecule has 1 amide bonds. The van der Waals surface area contributed by atoms with Gasteiger partial charge >= 0.3 is 0 Å². The lowest BCUT2D eigenvalue weighted by Crippen LogP contribution is -2.33. The molecule has 0 saturated carbocycles. The van der Waals surface area contributed by atoms with Gasteiger partial charge in [-0.15, -0.1) is 6.42 Å². The Morgan fingerprint density at radius 3 is 2.67 bits per heavy atom. The van der Waals surface area contributed by atoms with E-state index < -0.39 is 0 Å². The van der Waals surface area contributed by atoms with E-state index in [-0.39, 0.29) is 11.9 Å². The van der Waals surface area contributed by atoms with Crippen molar-refractivity contribution in [1.29, 1.82) is 0 Å². The average Bonchev–Trinajstić information content (AvgIpc) is 2.43. The smallest absolute Gasteiger partial charge is 0.256 e. The van der Waals surface area contributed by atoms with Crippen LogP contribution >= 0.6 is 0 Å². The van der Waals surface area contributed by atoms with Gasteiger partial charge in [0.05, 0.1) is 25.8 Å². The van der Waals surface area contributed by atoms with E-state index in [9.17, 15) is 4.79 Å². The number of nitrogens with one attached hydrogen (secondary N) is 1. The third kappa shape index (κ3) is 2.95. The zero-order valence-corrected chi connectivity index (χ0v) is 10.8. The van der Waals surface area contributed by atoms with Gasteiger partial charge in [0.2, 0.25) is 0 Å². The van der Waals surface area contributed by atoms with Crippen molar-refractivity contribution in [3.8, 4) is 23.8 Å². The molecule has 0 aliphatic rings. The summed E-state index contributed by atoms with van der Waals surface area (Å²) in [5.74, 6) is 3.17. The zero-order valence-electron chi connectivity index (χ0n) is 10.8. The third-order valence-corrected chi connectivity index (χ3v) is 2.56. The summed E-state index contributed by atoms with van der Waals surface area (Å²) in [6.45, 7) is 1.91. The summed E-state index contributed by atoms with van der Waals surface area (Å²) in [5, 5.41) is 2.75. The van der Waals surface area contributed by atoms with Crippen LogP contribution in [0.5, 0.6) is 11.5 Å². The van der Waals surface area contributed by atoms with Crippen molar-refractivity contribution < 1.29 is 14.3 Å². The van der Waals surface area contributed by atoms with E-state index in [1.165, 1.54) is 14.2 Å². The number of carbonyl (C=O) groups is 1. The average molecular weight is 247 g/mol. The first-order valence-electron chi connectivity index (χ1n) is 5.65. The summed E-state index contributed by atoms with van der Waals surface area (Å²) in [4.78, 5) is 12.1. The van der Waals surface area contributed by atoms with Crippen LogP contribution in [0.2, 0.25) is 0 Å². The number of hydrogen-bond acceptors (Lipinski definition) is 3. The van der Waals surface area contributed by atoms with E-state index in [1.807, 2.05) is 6.92 Å². The van der Waals surface area contributed by atoms with Crippen LogP contribution < -0.4 is 14.8 Å². The molecule has 0 spiro atoms. The molecule has 96 valence electrons. The van der Waals surface area contributed by atoms with Gasteiger partial charge in [-0.3, -0.25) is 4.79 Å². The van der Waals surface area contributed by atoms with E-state index in [0.717, 1.165) is 0 Å². The second-order valence-electron chi connectivity index (χ2n) is 3.64. The van der Waals surface area contributed by atoms with Gasteiger partial charge in [0, 0.05) is 0 Å². The summed E-state index contributed by atoms with van der Waals surface area (Å²) >= 11 is 0. The number of terminal acetylenes is 1. The second-order valence-corrected chi connectivity index (χ2v) is 3.64. The van der Waals surface area contributed by atoms with Crippen LogP contribution in [-0.2, 0) is 0 Å². The quantitative estimate of drug-likeness (QED) is 0.808. The maximum absolute atomic E-state index is 12.1. The molecule has 0 bridgehead atoms. The fourth-order valence-electron chi connectivity index (χ4n) is 1.56. The number of methoxy groups -OCH3 is 2. The van der Waals surface area contributed by atoms with Crippen LogP contribution in [0.4, 0.5) is 0 Å². The number of benzene rings is 1. The first-order valence-corrected chi connectivity index (χ1v) is 5.65. The molecular formula is C14H17NO3. The molecule has 0 aliphatic carbocycles. The monoisotopic (exact) mass is 247 g/mol. The number of carbonyl (C=O) groups excluding carboxylic acids is 1. The second kappa shape index (κ2) is 6.55. The van der Waals surface area contributed by atoms with E-state index in [1.54, 1.807) is 18.2 Å². The minimum atomic E-state index is -0.284. The zero-order chi connectivity index (χ0) is 13.5. The third-order valence-electron chi connectivity index (χ3n) is 2.56. The molecule has 4 heteroatoms. The van der Waals surface area contributed by atoms with Crippen molar-refractivity contribution in [1.82, 2.24) is 5.32 Å². The fraction of sp³-hybridized carbons (Fsp3) is 0.357. The Kier molecular flexibility index (Phi) is 5.06. The summed E-state index contributed by atoms with van der Waals surface area (Å²) in [6, 6.07) is 4.84. The standard InChI is InChI=1S/C14H17NO3/c1-5-10(6-2)15-14(16)11-8-7-9-12(17-3)13(11)18-4/h1,7-10H,6H2,2-4H3,(H,15,16). The first kappa shape index (κ1) is 13.9. The molecule has 1 rings (SSSR count). The minimum absolute atomic E-state index is 0.268. The Morgan fingerprint density at radius 1 is 1.44 bits per heavy atom. The molecule has 1 atom stereocenters. The molecule has 1 aromatic carbocycles. The lowest BCUT2D eigenvalue weighted by Gasteiger charge is -2.14. The van der Waals surface area contributed by atoms with Crippen LogP contribution in [0.15, 0.2) is 18.2 Å². The predicted molar refractivity (Wildman–Crippen MR) is 69.9 cm³/mol. The van der Waals surface area contributed by atoms with Crippen molar-refractivity contribution in [2.45, 2.75) is 19.4 Å². The molecule has 0 heterocycles. The molecule has 0 saturated heterocycles. The fourth-order valence-corrected chi connectivity index (χ4v) is 1.56. The van der Waals surface area contributed by atoms with Crippen LogP contribution in [0.3, 0.4) is 0 Å². The molecule has 1 unspecified atom stereocenters. The van der Waals surface area contributed by atoms with Crippen LogP contribution in [-0.4, -0.2) is 26.2 Å². The Labute approximate surface area is 107 Å². The number of para-hydroxylation sites is 1. The van der Waals surface area contributed by atoms with E-state index in [4.69, 9.17) is 15.9 Å². The maximum atomic E-state index is 12.1. The highest BCUT2D eigenvalue weighted by Crippen LogP contribution is 2.30. The normalized spacial score (nSPS) is 11.2. The van der Waals surface area contributed by atoms with E-state index in [2.05, 4.69) is 11.2 Å². The van der Waals surface area contributed by atoms with Gasteiger partial charge in [-0.2, -0.15) is 0 Å². The summed E-state index contributed by atoms with van der Waals surface area (Å²) < 4.78 is 10.3. The highest BCUT2D eigenvalue weighted by molar-refractivity contribution is 5.98. The Hall–Kier alpha value is -2.15. The number of hydrogen-bond donors (Lipinski definition) is 1. The first-order chi connectivity index (χ1) is 8.67. The van der Waals surface area contributed by atoms with Crippen molar-refractivity contribution in [3.05, 3.63) is 23.8 Å². The van der Waals surface area contributed by atoms with Crippen molar-refractivity contribution in [3.63, 3.8) is 0 Å². The van der Waals surface area contributed by atoms with Crippen molar-refractivity contribution in [2.75, 3.05) is 14.2 Å². The highest BCUT2D eigenvalue weighted by atomic mass is 16.5. The maximum Gasteiger partial charge on any atom is 0.256 e.